The first-order valence-electron chi connectivity index (χ1n) is 7.52. The zero-order valence-corrected chi connectivity index (χ0v) is 12.7. The Morgan fingerprint density at radius 2 is 2.05 bits per heavy atom. The fourth-order valence-electron chi connectivity index (χ4n) is 2.73. The molecule has 1 saturated heterocycles. The standard InChI is InChI=1S/C14H23F3N2O3/c1-2-6-19(10-14(15,16)17)13(22)11-4-3-7-18(9-11)8-5-12(20)21/h11H,2-10H2,1H3,(H,20,21)/t11-/m0/s1. The third kappa shape index (κ3) is 6.64. The van der Waals surface area contributed by atoms with E-state index in [1.54, 1.807) is 6.92 Å². The van der Waals surface area contributed by atoms with Crippen LogP contribution in [0.3, 0.4) is 0 Å². The van der Waals surface area contributed by atoms with Crippen molar-refractivity contribution < 1.29 is 27.9 Å². The number of nitrogens with zero attached hydrogens (tertiary/aromatic N) is 2. The van der Waals surface area contributed by atoms with Crippen LogP contribution in [0.15, 0.2) is 0 Å². The number of hydrogen-bond donors (Lipinski definition) is 1. The van der Waals surface area contributed by atoms with Gasteiger partial charge in [0.15, 0.2) is 0 Å². The Morgan fingerprint density at radius 3 is 2.59 bits per heavy atom. The molecule has 0 aromatic carbocycles. The van der Waals surface area contributed by atoms with Crippen LogP contribution < -0.4 is 0 Å². The molecular weight excluding hydrogens is 301 g/mol. The summed E-state index contributed by atoms with van der Waals surface area (Å²) in [7, 11) is 0. The second-order valence-corrected chi connectivity index (χ2v) is 5.66. The van der Waals surface area contributed by atoms with Crippen molar-refractivity contribution in [2.24, 2.45) is 5.92 Å². The number of aliphatic carboxylic acids is 1. The van der Waals surface area contributed by atoms with E-state index in [1.807, 2.05) is 4.90 Å². The van der Waals surface area contributed by atoms with Gasteiger partial charge in [0.05, 0.1) is 12.3 Å². The molecule has 5 nitrogen and oxygen atoms in total. The van der Waals surface area contributed by atoms with Crippen molar-refractivity contribution in [2.45, 2.75) is 38.8 Å². The molecule has 1 fully saturated rings. The molecule has 1 amide bonds. The number of rotatable bonds is 7. The van der Waals surface area contributed by atoms with Gasteiger partial charge in [-0.1, -0.05) is 6.92 Å². The molecule has 1 atom stereocenters. The van der Waals surface area contributed by atoms with E-state index in [0.717, 1.165) is 4.90 Å². The third-order valence-corrected chi connectivity index (χ3v) is 3.67. The molecule has 0 bridgehead atoms. The zero-order chi connectivity index (χ0) is 16.8. The van der Waals surface area contributed by atoms with Gasteiger partial charge in [-0.05, 0) is 25.8 Å². The zero-order valence-electron chi connectivity index (χ0n) is 12.7. The largest absolute Gasteiger partial charge is 0.481 e. The normalized spacial score (nSPS) is 19.9. The highest BCUT2D eigenvalue weighted by atomic mass is 19.4. The molecule has 8 heteroatoms. The number of hydrogen-bond acceptors (Lipinski definition) is 3. The van der Waals surface area contributed by atoms with Crippen molar-refractivity contribution in [3.8, 4) is 0 Å². The number of piperidine rings is 1. The molecule has 128 valence electrons. The minimum Gasteiger partial charge on any atom is -0.481 e. The van der Waals surface area contributed by atoms with Gasteiger partial charge in [-0.25, -0.2) is 0 Å². The Kier molecular flexibility index (Phi) is 7.12. The molecule has 0 saturated carbocycles. The molecule has 1 heterocycles. The Bertz CT molecular complexity index is 388. The van der Waals surface area contributed by atoms with Crippen molar-refractivity contribution in [1.29, 1.82) is 0 Å². The topological polar surface area (TPSA) is 60.9 Å². The van der Waals surface area contributed by atoms with Gasteiger partial charge in [0.2, 0.25) is 5.91 Å². The first-order valence-corrected chi connectivity index (χ1v) is 7.52. The van der Waals surface area contributed by atoms with E-state index in [-0.39, 0.29) is 13.0 Å². The summed E-state index contributed by atoms with van der Waals surface area (Å²) in [6, 6.07) is 0. The molecule has 1 aliphatic heterocycles. The minimum absolute atomic E-state index is 0.0257. The van der Waals surface area contributed by atoms with Crippen molar-refractivity contribution in [3.63, 3.8) is 0 Å². The lowest BCUT2D eigenvalue weighted by Gasteiger charge is -2.35. The lowest BCUT2D eigenvalue weighted by molar-refractivity contribution is -0.164. The lowest BCUT2D eigenvalue weighted by atomic mass is 9.96. The molecule has 0 spiro atoms. The molecule has 0 unspecified atom stereocenters. The van der Waals surface area contributed by atoms with Crippen molar-refractivity contribution in [1.82, 2.24) is 9.80 Å². The highest BCUT2D eigenvalue weighted by Crippen LogP contribution is 2.22. The van der Waals surface area contributed by atoms with Crippen LogP contribution in [0.5, 0.6) is 0 Å². The van der Waals surface area contributed by atoms with Crippen LogP contribution in [-0.2, 0) is 9.59 Å². The second kappa shape index (κ2) is 8.36. The van der Waals surface area contributed by atoms with Gasteiger partial charge in [0.1, 0.15) is 6.54 Å². The van der Waals surface area contributed by atoms with Crippen LogP contribution in [0.1, 0.15) is 32.6 Å². The number of carboxylic acids is 1. The Hall–Kier alpha value is -1.31. The number of carbonyl (C=O) groups excluding carboxylic acids is 1. The average molecular weight is 324 g/mol. The van der Waals surface area contributed by atoms with E-state index in [4.69, 9.17) is 5.11 Å². The maximum Gasteiger partial charge on any atom is 0.406 e. The minimum atomic E-state index is -4.40. The Balaban J connectivity index is 2.62. The summed E-state index contributed by atoms with van der Waals surface area (Å²) in [5.74, 6) is -1.87. The molecule has 22 heavy (non-hydrogen) atoms. The number of carbonyl (C=O) groups is 2. The quantitative estimate of drug-likeness (QED) is 0.778. The number of likely N-dealkylation sites (tertiary alicyclic amines) is 1. The predicted octanol–water partition coefficient (Wildman–Crippen LogP) is 1.97. The number of alkyl halides is 3. The SMILES string of the molecule is CCCN(CC(F)(F)F)C(=O)[C@H]1CCCN(CCC(=O)O)C1. The molecule has 0 aromatic rings. The Morgan fingerprint density at radius 1 is 1.36 bits per heavy atom. The molecule has 1 N–H and O–H groups in total. The summed E-state index contributed by atoms with van der Waals surface area (Å²) >= 11 is 0. The van der Waals surface area contributed by atoms with Gasteiger partial charge in [-0.15, -0.1) is 0 Å². The summed E-state index contributed by atoms with van der Waals surface area (Å²) in [6.45, 7) is 1.95. The van der Waals surface area contributed by atoms with Crippen molar-refractivity contribution in [2.75, 3.05) is 32.7 Å². The number of halogens is 3. The fraction of sp³-hybridized carbons (Fsp3) is 0.857. The van der Waals surface area contributed by atoms with Crippen LogP contribution in [0.2, 0.25) is 0 Å². The molecular formula is C14H23F3N2O3. The first-order chi connectivity index (χ1) is 10.2. The van der Waals surface area contributed by atoms with Gasteiger partial charge in [-0.2, -0.15) is 13.2 Å². The number of carboxylic acid groups (broad SMARTS) is 1. The molecule has 1 rings (SSSR count). The molecule has 1 aliphatic rings. The van der Waals surface area contributed by atoms with E-state index in [0.29, 0.717) is 38.9 Å². The highest BCUT2D eigenvalue weighted by Gasteiger charge is 2.36. The van der Waals surface area contributed by atoms with Crippen molar-refractivity contribution >= 4 is 11.9 Å². The van der Waals surface area contributed by atoms with Crippen LogP contribution in [0.25, 0.3) is 0 Å². The van der Waals surface area contributed by atoms with E-state index in [2.05, 4.69) is 0 Å². The summed E-state index contributed by atoms with van der Waals surface area (Å²) < 4.78 is 37.7. The highest BCUT2D eigenvalue weighted by molar-refractivity contribution is 5.79. The molecule has 0 aromatic heterocycles. The van der Waals surface area contributed by atoms with Crippen LogP contribution >= 0.6 is 0 Å². The van der Waals surface area contributed by atoms with Gasteiger partial charge < -0.3 is 14.9 Å². The second-order valence-electron chi connectivity index (χ2n) is 5.66. The molecule has 0 aliphatic carbocycles. The summed E-state index contributed by atoms with van der Waals surface area (Å²) in [6.07, 6.45) is -2.70. The lowest BCUT2D eigenvalue weighted by Crippen LogP contribution is -2.48. The Labute approximate surface area is 128 Å². The summed E-state index contributed by atoms with van der Waals surface area (Å²) in [5, 5.41) is 8.68. The van der Waals surface area contributed by atoms with Gasteiger partial charge in [0.25, 0.3) is 0 Å². The predicted molar refractivity (Wildman–Crippen MR) is 74.3 cm³/mol. The third-order valence-electron chi connectivity index (χ3n) is 3.67. The van der Waals surface area contributed by atoms with Crippen LogP contribution in [0, 0.1) is 5.92 Å². The maximum absolute atomic E-state index is 12.6. The summed E-state index contributed by atoms with van der Waals surface area (Å²) in [5.41, 5.74) is 0. The van der Waals surface area contributed by atoms with E-state index in [1.165, 1.54) is 0 Å². The average Bonchev–Trinajstić information content (AvgIpc) is 2.43. The monoisotopic (exact) mass is 324 g/mol. The van der Waals surface area contributed by atoms with Crippen molar-refractivity contribution in [3.05, 3.63) is 0 Å². The fourth-order valence-corrected chi connectivity index (χ4v) is 2.73. The van der Waals surface area contributed by atoms with E-state index >= 15 is 0 Å². The maximum atomic E-state index is 12.6. The smallest absolute Gasteiger partial charge is 0.406 e. The van der Waals surface area contributed by atoms with Gasteiger partial charge in [0, 0.05) is 19.6 Å². The first kappa shape index (κ1) is 18.7. The van der Waals surface area contributed by atoms with Gasteiger partial charge >= 0.3 is 12.1 Å². The van der Waals surface area contributed by atoms with Crippen LogP contribution in [-0.4, -0.2) is 65.7 Å². The van der Waals surface area contributed by atoms with E-state index in [9.17, 15) is 22.8 Å². The van der Waals surface area contributed by atoms with Crippen LogP contribution in [0.4, 0.5) is 13.2 Å². The van der Waals surface area contributed by atoms with Gasteiger partial charge in [-0.3, -0.25) is 9.59 Å². The number of amides is 1. The summed E-state index contributed by atoms with van der Waals surface area (Å²) in [4.78, 5) is 25.6. The van der Waals surface area contributed by atoms with E-state index < -0.39 is 30.5 Å². The molecule has 0 radical (unpaired) electrons.